The first-order chi connectivity index (χ1) is 20.3. The first kappa shape index (κ1) is 28.6. The number of carbonyl (C=O) groups excluding carboxylic acids is 4. The van der Waals surface area contributed by atoms with Crippen LogP contribution in [0.2, 0.25) is 0 Å². The van der Waals surface area contributed by atoms with E-state index in [-0.39, 0.29) is 48.8 Å². The molecule has 1 saturated carbocycles. The fourth-order valence-electron chi connectivity index (χ4n) is 5.60. The third-order valence-corrected chi connectivity index (χ3v) is 8.07. The maximum atomic E-state index is 13.7. The number of anilines is 1. The second-order valence-corrected chi connectivity index (χ2v) is 12.3. The third-order valence-electron chi connectivity index (χ3n) is 8.07. The minimum absolute atomic E-state index is 0.0258. The molecule has 2 amide bonds. The Balaban J connectivity index is 1.22. The standard InChI is InChI=1S/C29H30F2N6O6/c1-14-22(20-8-15-7-19(15)37(20)23(14)25(39)32-16-5-6-17(30)18(31)9-16)24(38)26(40)33-29(11-42-12-29)21-10-36(35-34-21)13-43-27(41)28(2,3)4/h5-6,9-10,15,19H,7-8,11-13H2,1-4H3,(H,32,39)(H,33,40)/t15-,19-/m1/s1. The topological polar surface area (TPSA) is 146 Å². The molecule has 1 saturated heterocycles. The highest BCUT2D eigenvalue weighted by Crippen LogP contribution is 2.54. The van der Waals surface area contributed by atoms with Gasteiger partial charge in [0.1, 0.15) is 16.9 Å². The van der Waals surface area contributed by atoms with Gasteiger partial charge in [0.2, 0.25) is 0 Å². The van der Waals surface area contributed by atoms with E-state index in [4.69, 9.17) is 9.47 Å². The number of hydrogen-bond donors (Lipinski definition) is 2. The SMILES string of the molecule is Cc1c(C(=O)C(=O)NC2(c3cn(COC(=O)C(C)(C)C)nn3)COC2)c2n(c1C(=O)Nc1ccc(F)c(F)c1)[C@@H]1C[C@@H]1C2. The van der Waals surface area contributed by atoms with Crippen LogP contribution in [0.3, 0.4) is 0 Å². The number of Topliss-reactive ketones (excluding diaryl/α,β-unsaturated/α-hetero) is 1. The summed E-state index contributed by atoms with van der Waals surface area (Å²) in [4.78, 5) is 52.5. The summed E-state index contributed by atoms with van der Waals surface area (Å²) >= 11 is 0. The number of fused-ring (bicyclic) bond motifs is 3. The number of carbonyl (C=O) groups is 4. The van der Waals surface area contributed by atoms with Crippen LogP contribution in [0.5, 0.6) is 0 Å². The Labute approximate surface area is 244 Å². The van der Waals surface area contributed by atoms with Crippen LogP contribution in [-0.4, -0.2) is 56.3 Å². The molecule has 3 aliphatic rings. The Kier molecular flexibility index (Phi) is 6.71. The fraction of sp³-hybridized carbons (Fsp3) is 0.448. The van der Waals surface area contributed by atoms with Crippen molar-refractivity contribution in [1.82, 2.24) is 24.9 Å². The number of aromatic nitrogens is 4. The van der Waals surface area contributed by atoms with Crippen molar-refractivity contribution in [2.75, 3.05) is 18.5 Å². The smallest absolute Gasteiger partial charge is 0.313 e. The van der Waals surface area contributed by atoms with Crippen molar-refractivity contribution in [3.05, 3.63) is 64.2 Å². The van der Waals surface area contributed by atoms with Crippen molar-refractivity contribution in [2.45, 2.75) is 58.8 Å². The van der Waals surface area contributed by atoms with E-state index in [0.29, 0.717) is 23.4 Å². The molecule has 1 aromatic carbocycles. The molecule has 1 aliphatic carbocycles. The number of rotatable bonds is 8. The number of halogens is 2. The number of amides is 2. The van der Waals surface area contributed by atoms with Gasteiger partial charge in [0.25, 0.3) is 17.6 Å². The van der Waals surface area contributed by atoms with Crippen LogP contribution >= 0.6 is 0 Å². The quantitative estimate of drug-likeness (QED) is 0.229. The second-order valence-electron chi connectivity index (χ2n) is 12.3. The van der Waals surface area contributed by atoms with E-state index < -0.39 is 46.2 Å². The lowest BCUT2D eigenvalue weighted by Crippen LogP contribution is -2.60. The van der Waals surface area contributed by atoms with Gasteiger partial charge in [-0.05, 0) is 64.2 Å². The van der Waals surface area contributed by atoms with E-state index in [1.54, 1.807) is 32.3 Å². The van der Waals surface area contributed by atoms with Gasteiger partial charge in [0, 0.05) is 23.5 Å². The lowest BCUT2D eigenvalue weighted by molar-refractivity contribution is -0.157. The van der Waals surface area contributed by atoms with Crippen LogP contribution in [0.1, 0.15) is 71.0 Å². The molecule has 12 nitrogen and oxygen atoms in total. The van der Waals surface area contributed by atoms with Crippen LogP contribution in [0.15, 0.2) is 24.4 Å². The summed E-state index contributed by atoms with van der Waals surface area (Å²) in [6.07, 6.45) is 2.89. The van der Waals surface area contributed by atoms with E-state index in [1.807, 2.05) is 0 Å². The van der Waals surface area contributed by atoms with Gasteiger partial charge in [0.05, 0.1) is 30.4 Å². The van der Waals surface area contributed by atoms with Crippen molar-refractivity contribution < 1.29 is 37.4 Å². The van der Waals surface area contributed by atoms with E-state index >= 15 is 0 Å². The Morgan fingerprint density at radius 1 is 1.16 bits per heavy atom. The molecule has 6 rings (SSSR count). The number of ether oxygens (including phenoxy) is 2. The van der Waals surface area contributed by atoms with E-state index in [9.17, 15) is 28.0 Å². The molecule has 43 heavy (non-hydrogen) atoms. The Bertz CT molecular complexity index is 1680. The maximum Gasteiger partial charge on any atom is 0.313 e. The van der Waals surface area contributed by atoms with E-state index in [2.05, 4.69) is 20.9 Å². The molecule has 0 radical (unpaired) electrons. The fourth-order valence-corrected chi connectivity index (χ4v) is 5.60. The normalized spacial score (nSPS) is 19.6. The molecular weight excluding hydrogens is 566 g/mol. The van der Waals surface area contributed by atoms with Crippen molar-refractivity contribution in [3.63, 3.8) is 0 Å². The monoisotopic (exact) mass is 596 g/mol. The molecule has 0 spiro atoms. The zero-order valence-electron chi connectivity index (χ0n) is 24.0. The van der Waals surface area contributed by atoms with Gasteiger partial charge in [0.15, 0.2) is 18.4 Å². The average Bonchev–Trinajstić information content (AvgIpc) is 3.22. The highest BCUT2D eigenvalue weighted by Gasteiger charge is 2.51. The lowest BCUT2D eigenvalue weighted by atomic mass is 9.92. The van der Waals surface area contributed by atoms with Crippen molar-refractivity contribution in [1.29, 1.82) is 0 Å². The number of ketones is 1. The zero-order chi connectivity index (χ0) is 30.8. The molecule has 2 fully saturated rings. The van der Waals surface area contributed by atoms with Gasteiger partial charge < -0.3 is 24.7 Å². The molecular formula is C29H30F2N6O6. The predicted molar refractivity (Wildman–Crippen MR) is 145 cm³/mol. The molecule has 14 heteroatoms. The van der Waals surface area contributed by atoms with Gasteiger partial charge in [-0.1, -0.05) is 5.21 Å². The highest BCUT2D eigenvalue weighted by molar-refractivity contribution is 6.44. The summed E-state index contributed by atoms with van der Waals surface area (Å²) < 4.78 is 40.9. The molecule has 0 unspecified atom stereocenters. The first-order valence-electron chi connectivity index (χ1n) is 13.8. The minimum Gasteiger partial charge on any atom is -0.442 e. The Hall–Kier alpha value is -4.46. The van der Waals surface area contributed by atoms with Crippen molar-refractivity contribution >= 4 is 29.3 Å². The van der Waals surface area contributed by atoms with Crippen LogP contribution in [0.25, 0.3) is 0 Å². The summed E-state index contributed by atoms with van der Waals surface area (Å²) in [5.41, 5.74) is -0.154. The molecule has 2 aliphatic heterocycles. The molecule has 2 atom stereocenters. The number of hydrogen-bond acceptors (Lipinski definition) is 8. The van der Waals surface area contributed by atoms with Gasteiger partial charge >= 0.3 is 5.97 Å². The van der Waals surface area contributed by atoms with Gasteiger partial charge in [-0.15, -0.1) is 5.10 Å². The van der Waals surface area contributed by atoms with Crippen LogP contribution in [0.4, 0.5) is 14.5 Å². The summed E-state index contributed by atoms with van der Waals surface area (Å²) in [6, 6.07) is 3.05. The number of benzene rings is 1. The number of nitrogens with zero attached hydrogens (tertiary/aromatic N) is 4. The van der Waals surface area contributed by atoms with Crippen LogP contribution in [0, 0.1) is 29.9 Å². The molecule has 2 aromatic heterocycles. The number of esters is 1. The average molecular weight is 597 g/mol. The zero-order valence-corrected chi connectivity index (χ0v) is 24.0. The van der Waals surface area contributed by atoms with Crippen LogP contribution < -0.4 is 10.6 Å². The summed E-state index contributed by atoms with van der Waals surface area (Å²) in [6.45, 7) is 6.68. The summed E-state index contributed by atoms with van der Waals surface area (Å²) in [7, 11) is 0. The Morgan fingerprint density at radius 2 is 1.91 bits per heavy atom. The third kappa shape index (κ3) is 4.98. The molecule has 226 valence electrons. The maximum absolute atomic E-state index is 13.7. The predicted octanol–water partition coefficient (Wildman–Crippen LogP) is 2.81. The van der Waals surface area contributed by atoms with Crippen molar-refractivity contribution in [3.8, 4) is 0 Å². The number of nitrogens with one attached hydrogen (secondary N) is 2. The second kappa shape index (κ2) is 10.1. The summed E-state index contributed by atoms with van der Waals surface area (Å²) in [5, 5.41) is 13.4. The lowest BCUT2D eigenvalue weighted by Gasteiger charge is -2.40. The van der Waals surface area contributed by atoms with Crippen LogP contribution in [-0.2, 0) is 37.8 Å². The minimum atomic E-state index is -1.12. The van der Waals surface area contributed by atoms with Gasteiger partial charge in [-0.25, -0.2) is 13.5 Å². The highest BCUT2D eigenvalue weighted by atomic mass is 19.2. The largest absolute Gasteiger partial charge is 0.442 e. The van der Waals surface area contributed by atoms with E-state index in [0.717, 1.165) is 18.6 Å². The first-order valence-corrected chi connectivity index (χ1v) is 13.8. The molecule has 2 N–H and O–H groups in total. The Morgan fingerprint density at radius 3 is 2.56 bits per heavy atom. The van der Waals surface area contributed by atoms with Gasteiger partial charge in [-0.2, -0.15) is 0 Å². The summed E-state index contributed by atoms with van der Waals surface area (Å²) in [5.74, 6) is -4.62. The molecule has 3 aromatic rings. The van der Waals surface area contributed by atoms with Crippen molar-refractivity contribution in [2.24, 2.45) is 11.3 Å². The van der Waals surface area contributed by atoms with E-state index in [1.165, 1.54) is 16.9 Å². The van der Waals surface area contributed by atoms with Gasteiger partial charge in [-0.3, -0.25) is 19.2 Å². The molecule has 0 bridgehead atoms. The molecule has 4 heterocycles.